The molecule has 2 atom stereocenters. The quantitative estimate of drug-likeness (QED) is 0.582. The minimum absolute atomic E-state index is 0.0476. The lowest BCUT2D eigenvalue weighted by Gasteiger charge is -2.20. The van der Waals surface area contributed by atoms with E-state index in [1.54, 1.807) is 18.2 Å². The molecule has 0 heterocycles. The van der Waals surface area contributed by atoms with Crippen molar-refractivity contribution in [2.45, 2.75) is 12.1 Å². The number of carboxylic acid groups (broad SMARTS) is 1. The molecule has 0 radical (unpaired) electrons. The summed E-state index contributed by atoms with van der Waals surface area (Å²) in [7, 11) is 0. The van der Waals surface area contributed by atoms with E-state index in [0.29, 0.717) is 0 Å². The minimum Gasteiger partial charge on any atom is -0.508 e. The van der Waals surface area contributed by atoms with Crippen molar-refractivity contribution in [1.82, 2.24) is 5.32 Å². The van der Waals surface area contributed by atoms with Crippen molar-refractivity contribution >= 4 is 17.7 Å². The number of nitrogens with one attached hydrogen (secondary N) is 1. The molecule has 7 heteroatoms. The number of Topliss-reactive ketones (excluding diaryl/α,β-unsaturated/α-hetero) is 1. The van der Waals surface area contributed by atoms with E-state index in [1.165, 1.54) is 36.4 Å². The van der Waals surface area contributed by atoms with E-state index >= 15 is 0 Å². The van der Waals surface area contributed by atoms with Gasteiger partial charge in [0.25, 0.3) is 5.91 Å². The smallest absolute Gasteiger partial charge is 0.335 e. The monoisotopic (exact) mass is 329 g/mol. The van der Waals surface area contributed by atoms with Gasteiger partial charge in [0.1, 0.15) is 11.8 Å². The Morgan fingerprint density at radius 3 is 2.00 bits per heavy atom. The number of hydrogen-bond acceptors (Lipinski definition) is 5. The van der Waals surface area contributed by atoms with Crippen LogP contribution in [0, 0.1) is 0 Å². The fraction of sp³-hybridized carbons (Fsp3) is 0.118. The molecule has 2 rings (SSSR count). The van der Waals surface area contributed by atoms with Crippen LogP contribution in [0.25, 0.3) is 0 Å². The number of benzene rings is 2. The summed E-state index contributed by atoms with van der Waals surface area (Å²) in [6.45, 7) is 0. The normalized spacial score (nSPS) is 12.9. The number of aliphatic carboxylic acids is 1. The third-order valence-corrected chi connectivity index (χ3v) is 3.33. The second kappa shape index (κ2) is 7.38. The Bertz CT molecular complexity index is 741. The van der Waals surface area contributed by atoms with E-state index in [1.807, 2.05) is 0 Å². The predicted molar refractivity (Wildman–Crippen MR) is 83.8 cm³/mol. The van der Waals surface area contributed by atoms with E-state index in [4.69, 9.17) is 5.11 Å². The van der Waals surface area contributed by atoms with Crippen LogP contribution in [-0.2, 0) is 4.79 Å². The molecule has 0 fully saturated rings. The van der Waals surface area contributed by atoms with Gasteiger partial charge in [-0.25, -0.2) is 4.79 Å². The molecule has 0 aromatic heterocycles. The summed E-state index contributed by atoms with van der Waals surface area (Å²) in [6.07, 6.45) is -2.11. The van der Waals surface area contributed by atoms with Gasteiger partial charge in [-0.2, -0.15) is 0 Å². The van der Waals surface area contributed by atoms with Crippen molar-refractivity contribution in [3.05, 3.63) is 65.7 Å². The number of ketones is 1. The van der Waals surface area contributed by atoms with E-state index in [0.717, 1.165) is 0 Å². The summed E-state index contributed by atoms with van der Waals surface area (Å²) < 4.78 is 0. The summed E-state index contributed by atoms with van der Waals surface area (Å²) >= 11 is 0. The molecule has 0 spiro atoms. The van der Waals surface area contributed by atoms with E-state index in [9.17, 15) is 24.6 Å². The van der Waals surface area contributed by atoms with Gasteiger partial charge in [0.05, 0.1) is 0 Å². The fourth-order valence-corrected chi connectivity index (χ4v) is 2.05. The standard InChI is InChI=1S/C17H15NO6/c19-12-8-6-10(7-9-12)14(20)13(15(21)17(23)24)18-16(22)11-4-2-1-3-5-11/h1-9,13,15,19,21H,(H,18,22)(H,23,24). The van der Waals surface area contributed by atoms with Crippen molar-refractivity contribution in [3.63, 3.8) is 0 Å². The third kappa shape index (κ3) is 3.96. The van der Waals surface area contributed by atoms with Crippen LogP contribution in [0.5, 0.6) is 5.75 Å². The van der Waals surface area contributed by atoms with E-state index in [2.05, 4.69) is 5.32 Å². The molecule has 24 heavy (non-hydrogen) atoms. The van der Waals surface area contributed by atoms with Crippen LogP contribution in [-0.4, -0.2) is 45.1 Å². The summed E-state index contributed by atoms with van der Waals surface area (Å²) in [5.74, 6) is -3.18. The molecule has 0 saturated carbocycles. The fourth-order valence-electron chi connectivity index (χ4n) is 2.05. The maximum atomic E-state index is 12.4. The molecule has 0 aliphatic heterocycles. The molecule has 0 aliphatic carbocycles. The van der Waals surface area contributed by atoms with Crippen molar-refractivity contribution < 1.29 is 29.7 Å². The maximum Gasteiger partial charge on any atom is 0.335 e. The molecule has 0 bridgehead atoms. The number of aromatic hydroxyl groups is 1. The number of carbonyl (C=O) groups excluding carboxylic acids is 2. The van der Waals surface area contributed by atoms with Crippen LogP contribution in [0.2, 0.25) is 0 Å². The Kier molecular flexibility index (Phi) is 5.28. The summed E-state index contributed by atoms with van der Waals surface area (Å²) in [5, 5.41) is 30.3. The SMILES string of the molecule is O=C(NC(C(=O)c1ccc(O)cc1)C(O)C(=O)O)c1ccccc1. The second-order valence-corrected chi connectivity index (χ2v) is 5.01. The molecular formula is C17H15NO6. The molecule has 0 saturated heterocycles. The number of phenols is 1. The van der Waals surface area contributed by atoms with Gasteiger partial charge in [0, 0.05) is 11.1 Å². The minimum atomic E-state index is -2.11. The lowest BCUT2D eigenvalue weighted by atomic mass is 9.99. The van der Waals surface area contributed by atoms with Crippen molar-refractivity contribution in [2.75, 3.05) is 0 Å². The topological polar surface area (TPSA) is 124 Å². The average molecular weight is 329 g/mol. The zero-order valence-electron chi connectivity index (χ0n) is 12.4. The first kappa shape index (κ1) is 17.2. The largest absolute Gasteiger partial charge is 0.508 e. The molecule has 4 N–H and O–H groups in total. The van der Waals surface area contributed by atoms with Crippen LogP contribution >= 0.6 is 0 Å². The third-order valence-electron chi connectivity index (χ3n) is 3.33. The van der Waals surface area contributed by atoms with Crippen molar-refractivity contribution in [2.24, 2.45) is 0 Å². The first-order chi connectivity index (χ1) is 11.4. The highest BCUT2D eigenvalue weighted by atomic mass is 16.4. The molecule has 2 aromatic carbocycles. The van der Waals surface area contributed by atoms with Crippen LogP contribution in [0.15, 0.2) is 54.6 Å². The van der Waals surface area contributed by atoms with Crippen LogP contribution in [0.1, 0.15) is 20.7 Å². The summed E-state index contributed by atoms with van der Waals surface area (Å²) in [4.78, 5) is 35.7. The van der Waals surface area contributed by atoms with Gasteiger partial charge in [-0.1, -0.05) is 18.2 Å². The second-order valence-electron chi connectivity index (χ2n) is 5.01. The molecule has 124 valence electrons. The predicted octanol–water partition coefficient (Wildman–Crippen LogP) is 0.819. The number of rotatable bonds is 6. The Morgan fingerprint density at radius 2 is 1.46 bits per heavy atom. The molecule has 2 aromatic rings. The highest BCUT2D eigenvalue weighted by Crippen LogP contribution is 2.13. The average Bonchev–Trinajstić information content (AvgIpc) is 2.59. The Labute approximate surface area is 137 Å². The number of phenolic OH excluding ortho intramolecular Hbond substituents is 1. The number of aliphatic hydroxyl groups excluding tert-OH is 1. The molecule has 7 nitrogen and oxygen atoms in total. The number of carboxylic acids is 1. The summed E-state index contributed by atoms with van der Waals surface area (Å²) in [5.41, 5.74) is 0.269. The van der Waals surface area contributed by atoms with Gasteiger partial charge in [-0.15, -0.1) is 0 Å². The highest BCUT2D eigenvalue weighted by Gasteiger charge is 2.34. The molecule has 0 aliphatic rings. The van der Waals surface area contributed by atoms with Crippen LogP contribution < -0.4 is 5.32 Å². The number of aliphatic hydroxyl groups is 1. The number of hydrogen-bond donors (Lipinski definition) is 4. The highest BCUT2D eigenvalue weighted by molar-refractivity contribution is 6.06. The molecule has 1 amide bonds. The molecular weight excluding hydrogens is 314 g/mol. The lowest BCUT2D eigenvalue weighted by molar-refractivity contribution is -0.147. The van der Waals surface area contributed by atoms with E-state index < -0.39 is 29.8 Å². The van der Waals surface area contributed by atoms with Crippen molar-refractivity contribution in [1.29, 1.82) is 0 Å². The Hall–Kier alpha value is -3.19. The first-order valence-electron chi connectivity index (χ1n) is 7.00. The number of carbonyl (C=O) groups is 3. The van der Waals surface area contributed by atoms with Crippen LogP contribution in [0.3, 0.4) is 0 Å². The number of amides is 1. The summed E-state index contributed by atoms with van der Waals surface area (Å²) in [6, 6.07) is 11.3. The maximum absolute atomic E-state index is 12.4. The van der Waals surface area contributed by atoms with Gasteiger partial charge in [-0.3, -0.25) is 9.59 Å². The Morgan fingerprint density at radius 1 is 0.875 bits per heavy atom. The lowest BCUT2D eigenvalue weighted by Crippen LogP contribution is -2.51. The zero-order valence-corrected chi connectivity index (χ0v) is 12.4. The Balaban J connectivity index is 2.27. The zero-order chi connectivity index (χ0) is 17.7. The van der Waals surface area contributed by atoms with Crippen LogP contribution in [0.4, 0.5) is 0 Å². The van der Waals surface area contributed by atoms with Crippen molar-refractivity contribution in [3.8, 4) is 5.75 Å². The van der Waals surface area contributed by atoms with Gasteiger partial charge >= 0.3 is 5.97 Å². The van der Waals surface area contributed by atoms with Gasteiger partial charge in [-0.05, 0) is 36.4 Å². The van der Waals surface area contributed by atoms with E-state index in [-0.39, 0.29) is 16.9 Å². The molecule has 2 unspecified atom stereocenters. The first-order valence-corrected chi connectivity index (χ1v) is 7.00. The van der Waals surface area contributed by atoms with Gasteiger partial charge < -0.3 is 20.6 Å². The van der Waals surface area contributed by atoms with Gasteiger partial charge in [0.15, 0.2) is 11.9 Å². The van der Waals surface area contributed by atoms with Gasteiger partial charge in [0.2, 0.25) is 0 Å².